The van der Waals surface area contributed by atoms with Gasteiger partial charge in [0.05, 0.1) is 12.1 Å². The first kappa shape index (κ1) is 13.2. The molecule has 0 saturated carbocycles. The number of halogens is 1. The van der Waals surface area contributed by atoms with Crippen molar-refractivity contribution in [2.24, 2.45) is 0 Å². The molecule has 0 bridgehead atoms. The van der Waals surface area contributed by atoms with Gasteiger partial charge in [-0.25, -0.2) is 4.79 Å². The molecule has 0 aromatic carbocycles. The molecule has 1 rings (SSSR count). The second kappa shape index (κ2) is 6.66. The minimum Gasteiger partial charge on any atom is -0.452 e. The van der Waals surface area contributed by atoms with Crippen LogP contribution in [0.15, 0.2) is 22.9 Å². The maximum Gasteiger partial charge on any atom is 0.340 e. The minimum atomic E-state index is -0.616. The summed E-state index contributed by atoms with van der Waals surface area (Å²) >= 11 is 3.17. The maximum absolute atomic E-state index is 11.5. The van der Waals surface area contributed by atoms with Gasteiger partial charge in [-0.1, -0.05) is 5.92 Å². The largest absolute Gasteiger partial charge is 0.452 e. The Morgan fingerprint density at radius 3 is 2.94 bits per heavy atom. The first-order valence-electron chi connectivity index (χ1n) is 4.61. The highest BCUT2D eigenvalue weighted by Crippen LogP contribution is 2.10. The van der Waals surface area contributed by atoms with Crippen LogP contribution in [-0.2, 0) is 9.53 Å². The average Bonchev–Trinajstić information content (AvgIpc) is 2.33. The van der Waals surface area contributed by atoms with Crippen LogP contribution in [-0.4, -0.2) is 30.0 Å². The number of hydrogen-bond acceptors (Lipinski definition) is 4. The standard InChI is InChI=1S/C11H9BrN2O3/c1-2-3-14-10(15)7-17-11(16)8-4-9(12)6-13-5-8/h1,4-6H,3,7H2,(H,14,15). The molecule has 0 aliphatic carbocycles. The Labute approximate surface area is 107 Å². The van der Waals surface area contributed by atoms with Crippen molar-refractivity contribution in [1.82, 2.24) is 10.3 Å². The molecule has 1 N–H and O–H groups in total. The summed E-state index contributed by atoms with van der Waals surface area (Å²) in [4.78, 5) is 26.4. The van der Waals surface area contributed by atoms with Crippen LogP contribution in [0.4, 0.5) is 0 Å². The van der Waals surface area contributed by atoms with Crippen molar-refractivity contribution in [1.29, 1.82) is 0 Å². The Morgan fingerprint density at radius 2 is 2.29 bits per heavy atom. The van der Waals surface area contributed by atoms with E-state index in [1.165, 1.54) is 12.4 Å². The molecular formula is C11H9BrN2O3. The summed E-state index contributed by atoms with van der Waals surface area (Å²) in [6.45, 7) is -0.262. The fourth-order valence-electron chi connectivity index (χ4n) is 0.939. The molecule has 0 radical (unpaired) electrons. The molecule has 0 atom stereocenters. The first-order chi connectivity index (χ1) is 8.13. The van der Waals surface area contributed by atoms with Crippen molar-refractivity contribution in [3.05, 3.63) is 28.5 Å². The molecule has 0 aliphatic rings. The lowest BCUT2D eigenvalue weighted by molar-refractivity contribution is -0.123. The van der Waals surface area contributed by atoms with Crippen LogP contribution in [0.5, 0.6) is 0 Å². The Balaban J connectivity index is 2.45. The summed E-state index contributed by atoms with van der Waals surface area (Å²) < 4.78 is 5.42. The summed E-state index contributed by atoms with van der Waals surface area (Å²) in [6.07, 6.45) is 7.85. The average molecular weight is 297 g/mol. The third-order valence-electron chi connectivity index (χ3n) is 1.66. The van der Waals surface area contributed by atoms with Crippen LogP contribution in [0, 0.1) is 12.3 Å². The SMILES string of the molecule is C#CCNC(=O)COC(=O)c1cncc(Br)c1. The van der Waals surface area contributed by atoms with Gasteiger partial charge in [0, 0.05) is 16.9 Å². The number of esters is 1. The number of carbonyl (C=O) groups is 2. The lowest BCUT2D eigenvalue weighted by Crippen LogP contribution is -2.29. The Kier molecular flexibility index (Phi) is 5.17. The predicted molar refractivity (Wildman–Crippen MR) is 64.1 cm³/mol. The normalized spacial score (nSPS) is 9.18. The second-order valence-electron chi connectivity index (χ2n) is 2.95. The third-order valence-corrected chi connectivity index (χ3v) is 2.10. The minimum absolute atomic E-state index is 0.106. The zero-order valence-corrected chi connectivity index (χ0v) is 10.4. The highest BCUT2D eigenvalue weighted by Gasteiger charge is 2.10. The van der Waals surface area contributed by atoms with Gasteiger partial charge in [-0.2, -0.15) is 0 Å². The fraction of sp³-hybridized carbons (Fsp3) is 0.182. The number of terminal acetylenes is 1. The third kappa shape index (κ3) is 4.66. The zero-order valence-electron chi connectivity index (χ0n) is 8.77. The number of pyridine rings is 1. The van der Waals surface area contributed by atoms with Crippen LogP contribution in [0.2, 0.25) is 0 Å². The smallest absolute Gasteiger partial charge is 0.340 e. The van der Waals surface area contributed by atoms with E-state index in [0.717, 1.165) is 0 Å². The van der Waals surface area contributed by atoms with Crippen molar-refractivity contribution >= 4 is 27.8 Å². The number of carbonyl (C=O) groups excluding carboxylic acids is 2. The van der Waals surface area contributed by atoms with E-state index in [1.807, 2.05) is 0 Å². The molecule has 0 spiro atoms. The summed E-state index contributed by atoms with van der Waals surface area (Å²) in [7, 11) is 0. The van der Waals surface area contributed by atoms with Crippen LogP contribution in [0.3, 0.4) is 0 Å². The van der Waals surface area contributed by atoms with E-state index in [9.17, 15) is 9.59 Å². The fourth-order valence-corrected chi connectivity index (χ4v) is 1.30. The monoisotopic (exact) mass is 296 g/mol. The lowest BCUT2D eigenvalue weighted by atomic mass is 10.3. The highest BCUT2D eigenvalue weighted by atomic mass is 79.9. The number of nitrogens with zero attached hydrogens (tertiary/aromatic N) is 1. The topological polar surface area (TPSA) is 68.3 Å². The van der Waals surface area contributed by atoms with Crippen molar-refractivity contribution < 1.29 is 14.3 Å². The molecule has 88 valence electrons. The molecule has 1 heterocycles. The van der Waals surface area contributed by atoms with Gasteiger partial charge in [-0.15, -0.1) is 6.42 Å². The molecule has 5 nitrogen and oxygen atoms in total. The molecule has 6 heteroatoms. The molecular weight excluding hydrogens is 288 g/mol. The number of nitrogens with one attached hydrogen (secondary N) is 1. The Morgan fingerprint density at radius 1 is 1.53 bits per heavy atom. The first-order valence-corrected chi connectivity index (χ1v) is 5.40. The molecule has 1 aromatic rings. The molecule has 0 unspecified atom stereocenters. The van der Waals surface area contributed by atoms with E-state index in [0.29, 0.717) is 4.47 Å². The Bertz CT molecular complexity index is 468. The number of ether oxygens (including phenoxy) is 1. The van der Waals surface area contributed by atoms with Crippen molar-refractivity contribution in [3.63, 3.8) is 0 Å². The van der Waals surface area contributed by atoms with Crippen molar-refractivity contribution in [2.75, 3.05) is 13.2 Å². The molecule has 17 heavy (non-hydrogen) atoms. The Hall–Kier alpha value is -1.87. The van der Waals surface area contributed by atoms with Gasteiger partial charge in [0.1, 0.15) is 0 Å². The molecule has 1 aromatic heterocycles. The molecule has 0 saturated heterocycles. The summed E-state index contributed by atoms with van der Waals surface area (Å²) in [6, 6.07) is 1.55. The van der Waals surface area contributed by atoms with E-state index < -0.39 is 11.9 Å². The lowest BCUT2D eigenvalue weighted by Gasteiger charge is -2.04. The van der Waals surface area contributed by atoms with Crippen LogP contribution in [0.25, 0.3) is 0 Å². The van der Waals surface area contributed by atoms with E-state index in [-0.39, 0.29) is 18.7 Å². The van der Waals surface area contributed by atoms with Crippen LogP contribution < -0.4 is 5.32 Å². The van der Waals surface area contributed by atoms with E-state index in [1.54, 1.807) is 6.07 Å². The van der Waals surface area contributed by atoms with Gasteiger partial charge >= 0.3 is 5.97 Å². The summed E-state index contributed by atoms with van der Waals surface area (Å²) in [5.74, 6) is 1.18. The number of amides is 1. The van der Waals surface area contributed by atoms with Gasteiger partial charge in [0.25, 0.3) is 5.91 Å². The maximum atomic E-state index is 11.5. The number of rotatable bonds is 4. The summed E-state index contributed by atoms with van der Waals surface area (Å²) in [5.41, 5.74) is 0.268. The van der Waals surface area contributed by atoms with Gasteiger partial charge in [-0.05, 0) is 22.0 Å². The van der Waals surface area contributed by atoms with Gasteiger partial charge in [-0.3, -0.25) is 9.78 Å². The zero-order chi connectivity index (χ0) is 12.7. The van der Waals surface area contributed by atoms with Gasteiger partial charge in [0.2, 0.25) is 0 Å². The second-order valence-corrected chi connectivity index (χ2v) is 3.86. The van der Waals surface area contributed by atoms with Crippen molar-refractivity contribution in [3.8, 4) is 12.3 Å². The van der Waals surface area contributed by atoms with Crippen molar-refractivity contribution in [2.45, 2.75) is 0 Å². The van der Waals surface area contributed by atoms with E-state index in [2.05, 4.69) is 32.2 Å². The predicted octanol–water partition coefficient (Wildman–Crippen LogP) is 0.750. The number of aromatic nitrogens is 1. The van der Waals surface area contributed by atoms with Gasteiger partial charge in [0.15, 0.2) is 6.61 Å². The highest BCUT2D eigenvalue weighted by molar-refractivity contribution is 9.10. The molecule has 0 fully saturated rings. The van der Waals surface area contributed by atoms with Crippen LogP contribution in [0.1, 0.15) is 10.4 Å². The van der Waals surface area contributed by atoms with Crippen LogP contribution >= 0.6 is 15.9 Å². The molecule has 0 aliphatic heterocycles. The van der Waals surface area contributed by atoms with E-state index in [4.69, 9.17) is 11.2 Å². The quantitative estimate of drug-likeness (QED) is 0.658. The van der Waals surface area contributed by atoms with E-state index >= 15 is 0 Å². The summed E-state index contributed by atoms with van der Waals surface area (Å²) in [5, 5.41) is 2.37. The number of hydrogen-bond donors (Lipinski definition) is 1. The molecule has 1 amide bonds. The van der Waals surface area contributed by atoms with Gasteiger partial charge < -0.3 is 10.1 Å².